The van der Waals surface area contributed by atoms with E-state index in [-0.39, 0.29) is 0 Å². The van der Waals surface area contributed by atoms with Crippen LogP contribution in [0, 0.1) is 0 Å². The maximum atomic E-state index is 10.6. The van der Waals surface area contributed by atoms with Gasteiger partial charge in [-0.05, 0) is 19.1 Å². The molecule has 12 heavy (non-hydrogen) atoms. The summed E-state index contributed by atoms with van der Waals surface area (Å²) in [6, 6.07) is 0. The molecule has 0 aliphatic rings. The number of rotatable bonds is 8. The summed E-state index contributed by atoms with van der Waals surface area (Å²) in [5, 5.41) is 0. The van der Waals surface area contributed by atoms with Crippen molar-refractivity contribution in [2.75, 3.05) is 11.5 Å². The van der Waals surface area contributed by atoms with E-state index in [1.807, 2.05) is 11.8 Å². The molecule has 0 aliphatic heterocycles. The van der Waals surface area contributed by atoms with Crippen LogP contribution in [0.15, 0.2) is 0 Å². The van der Waals surface area contributed by atoms with Gasteiger partial charge in [-0.15, -0.1) is 0 Å². The van der Waals surface area contributed by atoms with Gasteiger partial charge in [0.05, 0.1) is 0 Å². The lowest BCUT2D eigenvalue weighted by atomic mass is 10.2. The zero-order chi connectivity index (χ0) is 9.23. The summed E-state index contributed by atoms with van der Waals surface area (Å²) < 4.78 is 0. The summed E-state index contributed by atoms with van der Waals surface area (Å²) in [6.45, 7) is 3.89. The van der Waals surface area contributed by atoms with Gasteiger partial charge in [-0.25, -0.2) is 0 Å². The van der Waals surface area contributed by atoms with Crippen molar-refractivity contribution in [1.82, 2.24) is 0 Å². The Morgan fingerprint density at radius 1 is 1.17 bits per heavy atom. The number of carbonyl (C=O) groups excluding carboxylic acids is 1. The van der Waals surface area contributed by atoms with Gasteiger partial charge < -0.3 is 0 Å². The fraction of sp³-hybridized carbons (Fsp3) is 0.900. The van der Waals surface area contributed by atoms with Crippen LogP contribution in [0.25, 0.3) is 0 Å². The Balaban J connectivity index is 2.86. The molecule has 72 valence electrons. The molecule has 0 saturated heterocycles. The van der Waals surface area contributed by atoms with Crippen LogP contribution in [0.4, 0.5) is 0 Å². The van der Waals surface area contributed by atoms with Crippen LogP contribution in [0.2, 0.25) is 0 Å². The lowest BCUT2D eigenvalue weighted by Crippen LogP contribution is -1.92. The number of unbranched alkanes of at least 4 members (excludes halogenated alkanes) is 3. The van der Waals surface area contributed by atoms with Gasteiger partial charge in [0.25, 0.3) is 0 Å². The van der Waals surface area contributed by atoms with Gasteiger partial charge in [-0.3, -0.25) is 4.79 Å². The van der Waals surface area contributed by atoms with Gasteiger partial charge >= 0.3 is 0 Å². The van der Waals surface area contributed by atoms with E-state index in [1.165, 1.54) is 31.4 Å². The molecule has 0 aliphatic carbocycles. The molecule has 0 aromatic heterocycles. The first kappa shape index (κ1) is 12.0. The summed E-state index contributed by atoms with van der Waals surface area (Å²) in [7, 11) is 0. The van der Waals surface area contributed by atoms with Crippen molar-refractivity contribution in [3.8, 4) is 0 Å². The van der Waals surface area contributed by atoms with Gasteiger partial charge in [-0.2, -0.15) is 11.8 Å². The number of Topliss-reactive ketones (excluding diaryl/α,β-unsaturated/α-hetero) is 1. The largest absolute Gasteiger partial charge is 0.300 e. The lowest BCUT2D eigenvalue weighted by Gasteiger charge is -1.99. The van der Waals surface area contributed by atoms with Gasteiger partial charge in [0, 0.05) is 12.2 Å². The molecule has 0 atom stereocenters. The fourth-order valence-corrected chi connectivity index (χ4v) is 1.99. The lowest BCUT2D eigenvalue weighted by molar-refractivity contribution is -0.116. The van der Waals surface area contributed by atoms with Crippen LogP contribution in [-0.2, 0) is 4.79 Å². The van der Waals surface area contributed by atoms with E-state index in [4.69, 9.17) is 0 Å². The molecule has 0 rings (SSSR count). The molecule has 0 aromatic rings. The highest BCUT2D eigenvalue weighted by Crippen LogP contribution is 2.08. The van der Waals surface area contributed by atoms with Crippen molar-refractivity contribution >= 4 is 17.5 Å². The second-order valence-electron chi connectivity index (χ2n) is 3.13. The van der Waals surface area contributed by atoms with Gasteiger partial charge in [0.1, 0.15) is 5.78 Å². The van der Waals surface area contributed by atoms with E-state index in [1.54, 1.807) is 6.92 Å². The first-order valence-corrected chi connectivity index (χ1v) is 6.00. The molecule has 0 unspecified atom stereocenters. The molecule has 2 heteroatoms. The molecule has 0 bridgehead atoms. The van der Waals surface area contributed by atoms with Crippen molar-refractivity contribution in [3.63, 3.8) is 0 Å². The van der Waals surface area contributed by atoms with E-state index in [9.17, 15) is 4.79 Å². The molecule has 0 saturated carbocycles. The fourth-order valence-electron chi connectivity index (χ4n) is 0.949. The number of hydrogen-bond donors (Lipinski definition) is 0. The third-order valence-corrected chi connectivity index (χ3v) is 2.81. The zero-order valence-corrected chi connectivity index (χ0v) is 9.08. The Hall–Kier alpha value is 0.0200. The van der Waals surface area contributed by atoms with Crippen molar-refractivity contribution in [1.29, 1.82) is 0 Å². The van der Waals surface area contributed by atoms with Crippen molar-refractivity contribution < 1.29 is 4.79 Å². The maximum absolute atomic E-state index is 10.6. The third kappa shape index (κ3) is 10.0. The van der Waals surface area contributed by atoms with Crippen molar-refractivity contribution in [2.24, 2.45) is 0 Å². The van der Waals surface area contributed by atoms with Crippen molar-refractivity contribution in [3.05, 3.63) is 0 Å². The molecular formula is C10H20OS. The zero-order valence-electron chi connectivity index (χ0n) is 8.27. The Morgan fingerprint density at radius 3 is 2.50 bits per heavy atom. The maximum Gasteiger partial charge on any atom is 0.130 e. The Bertz CT molecular complexity index is 112. The minimum Gasteiger partial charge on any atom is -0.300 e. The van der Waals surface area contributed by atoms with E-state index >= 15 is 0 Å². The third-order valence-electron chi connectivity index (χ3n) is 1.74. The molecule has 0 radical (unpaired) electrons. The topological polar surface area (TPSA) is 17.1 Å². The molecule has 1 nitrogen and oxygen atoms in total. The van der Waals surface area contributed by atoms with Crippen LogP contribution in [0.5, 0.6) is 0 Å². The molecule has 0 heterocycles. The standard InChI is InChI=1S/C10H20OS/c1-3-4-5-6-8-12-9-7-10(2)11/h3-9H2,1-2H3. The SMILES string of the molecule is CCCCCCSCCC(C)=O. The second kappa shape index (κ2) is 9.11. The smallest absolute Gasteiger partial charge is 0.130 e. The van der Waals surface area contributed by atoms with Crippen LogP contribution in [0.3, 0.4) is 0 Å². The van der Waals surface area contributed by atoms with Gasteiger partial charge in [0.15, 0.2) is 0 Å². The summed E-state index contributed by atoms with van der Waals surface area (Å²) in [5.41, 5.74) is 0. The second-order valence-corrected chi connectivity index (χ2v) is 4.35. The van der Waals surface area contributed by atoms with E-state index in [2.05, 4.69) is 6.92 Å². The monoisotopic (exact) mass is 188 g/mol. The number of thioether (sulfide) groups is 1. The highest BCUT2D eigenvalue weighted by atomic mass is 32.2. The Kier molecular flexibility index (Phi) is 9.13. The molecule has 0 amide bonds. The summed E-state index contributed by atoms with van der Waals surface area (Å²) >= 11 is 1.91. The molecule has 0 N–H and O–H groups in total. The molecular weight excluding hydrogens is 168 g/mol. The van der Waals surface area contributed by atoms with Crippen LogP contribution >= 0.6 is 11.8 Å². The van der Waals surface area contributed by atoms with Gasteiger partial charge in [0.2, 0.25) is 0 Å². The summed E-state index contributed by atoms with van der Waals surface area (Å²) in [5.74, 6) is 2.56. The normalized spacial score (nSPS) is 10.2. The first-order chi connectivity index (χ1) is 5.77. The number of hydrogen-bond acceptors (Lipinski definition) is 2. The molecule has 0 spiro atoms. The predicted molar refractivity (Wildman–Crippen MR) is 56.8 cm³/mol. The minimum atomic E-state index is 0.316. The summed E-state index contributed by atoms with van der Waals surface area (Å²) in [6.07, 6.45) is 6.07. The van der Waals surface area contributed by atoms with E-state index in [0.717, 1.165) is 12.2 Å². The molecule has 0 aromatic carbocycles. The van der Waals surface area contributed by atoms with Crippen LogP contribution < -0.4 is 0 Å². The number of carbonyl (C=O) groups is 1. The molecule has 0 fully saturated rings. The van der Waals surface area contributed by atoms with Crippen molar-refractivity contribution in [2.45, 2.75) is 46.0 Å². The van der Waals surface area contributed by atoms with Gasteiger partial charge in [-0.1, -0.05) is 26.2 Å². The predicted octanol–water partition coefficient (Wildman–Crippen LogP) is 3.28. The number of ketones is 1. The first-order valence-electron chi connectivity index (χ1n) is 4.84. The van der Waals surface area contributed by atoms with Crippen LogP contribution in [0.1, 0.15) is 46.0 Å². The van der Waals surface area contributed by atoms with Crippen LogP contribution in [-0.4, -0.2) is 17.3 Å². The Labute approximate surface area is 80.3 Å². The quantitative estimate of drug-likeness (QED) is 0.544. The average Bonchev–Trinajstić information content (AvgIpc) is 2.02. The average molecular weight is 188 g/mol. The van der Waals surface area contributed by atoms with E-state index in [0.29, 0.717) is 5.78 Å². The Morgan fingerprint density at radius 2 is 1.92 bits per heavy atom. The minimum absolute atomic E-state index is 0.316. The highest BCUT2D eigenvalue weighted by Gasteiger charge is 1.93. The highest BCUT2D eigenvalue weighted by molar-refractivity contribution is 7.99. The summed E-state index contributed by atoms with van der Waals surface area (Å²) in [4.78, 5) is 10.6. The van der Waals surface area contributed by atoms with E-state index < -0.39 is 0 Å².